The van der Waals surface area contributed by atoms with Crippen molar-refractivity contribution < 1.29 is 27.8 Å². The van der Waals surface area contributed by atoms with Crippen LogP contribution in [0.1, 0.15) is 17.3 Å². The smallest absolute Gasteiger partial charge is 0.490 e. The number of carbonyl (C=O) groups is 1. The number of nitrogens with one attached hydrogen (secondary N) is 1. The molecule has 1 fully saturated rings. The van der Waals surface area contributed by atoms with E-state index in [0.717, 1.165) is 29.9 Å². The normalized spacial score (nSPS) is 13.9. The first-order valence-electron chi connectivity index (χ1n) is 8.68. The maximum Gasteiger partial charge on any atom is 0.490 e. The van der Waals surface area contributed by atoms with Crippen molar-refractivity contribution in [1.82, 2.24) is 24.7 Å². The number of aliphatic carboxylic acids is 1. The summed E-state index contributed by atoms with van der Waals surface area (Å²) in [6, 6.07) is 4.50. The second-order valence-electron chi connectivity index (χ2n) is 6.46. The minimum Gasteiger partial charge on any atom is -0.494 e. The lowest BCUT2D eigenvalue weighted by atomic mass is 10.1. The molecule has 3 aromatic heterocycles. The van der Waals surface area contributed by atoms with E-state index >= 15 is 0 Å². The number of rotatable bonds is 3. The van der Waals surface area contributed by atoms with Crippen molar-refractivity contribution in [3.8, 4) is 22.9 Å². The van der Waals surface area contributed by atoms with Gasteiger partial charge in [0.2, 0.25) is 0 Å². The number of carboxylic acids is 1. The van der Waals surface area contributed by atoms with Crippen LogP contribution in [0.15, 0.2) is 24.7 Å². The van der Waals surface area contributed by atoms with Gasteiger partial charge in [0.1, 0.15) is 22.9 Å². The van der Waals surface area contributed by atoms with Crippen molar-refractivity contribution in [3.05, 3.63) is 35.9 Å². The molecule has 1 aliphatic heterocycles. The van der Waals surface area contributed by atoms with E-state index in [0.29, 0.717) is 22.9 Å². The number of nitrogens with zero attached hydrogens (tertiary/aromatic N) is 5. The number of methoxy groups -OCH3 is 1. The maximum atomic E-state index is 10.6. The fraction of sp³-hybridized carbons (Fsp3) is 0.333. The number of halogens is 3. The highest BCUT2D eigenvalue weighted by Gasteiger charge is 2.38. The molecule has 1 aliphatic rings. The Morgan fingerprint density at radius 2 is 2.03 bits per heavy atom. The monoisotopic (exact) mass is 422 g/mol. The molecule has 4 heterocycles. The van der Waals surface area contributed by atoms with Gasteiger partial charge in [-0.1, -0.05) is 0 Å². The summed E-state index contributed by atoms with van der Waals surface area (Å²) in [5, 5.41) is 28.4. The van der Waals surface area contributed by atoms with Crippen molar-refractivity contribution in [2.45, 2.75) is 19.1 Å². The summed E-state index contributed by atoms with van der Waals surface area (Å²) >= 11 is 0. The first-order valence-corrected chi connectivity index (χ1v) is 8.68. The number of hydrogen-bond donors (Lipinski definition) is 2. The molecule has 0 unspecified atom stereocenters. The Kier molecular flexibility index (Phi) is 5.66. The van der Waals surface area contributed by atoms with Crippen LogP contribution in [0, 0.1) is 18.3 Å². The van der Waals surface area contributed by atoms with Gasteiger partial charge in [-0.05, 0) is 13.0 Å². The summed E-state index contributed by atoms with van der Waals surface area (Å²) in [4.78, 5) is 8.90. The molecule has 0 saturated carbocycles. The Morgan fingerprint density at radius 1 is 1.37 bits per heavy atom. The van der Waals surface area contributed by atoms with Crippen LogP contribution in [-0.4, -0.2) is 56.8 Å². The standard InChI is InChI=1S/C16H16N6O.C2HF3O2/c1-10-14(8-20-22(10)13-6-18-7-13)11-3-15(23-2)16-12(4-17)5-19-21(16)9-11;3-2(4,5)1(6)7/h3,5,8-9,13,18H,6-7H2,1-2H3;(H,6,7). The fourth-order valence-corrected chi connectivity index (χ4v) is 2.99. The minimum absolute atomic E-state index is 0.421. The third kappa shape index (κ3) is 3.92. The summed E-state index contributed by atoms with van der Waals surface area (Å²) in [5.41, 5.74) is 4.32. The predicted molar refractivity (Wildman–Crippen MR) is 98.0 cm³/mol. The molecule has 0 aromatic carbocycles. The van der Waals surface area contributed by atoms with Gasteiger partial charge in [-0.3, -0.25) is 4.68 Å². The average Bonchev–Trinajstić information content (AvgIpc) is 3.23. The Morgan fingerprint density at radius 3 is 2.53 bits per heavy atom. The van der Waals surface area contributed by atoms with Crippen LogP contribution in [0.3, 0.4) is 0 Å². The molecule has 158 valence electrons. The number of alkyl halides is 3. The molecule has 9 nitrogen and oxygen atoms in total. The largest absolute Gasteiger partial charge is 0.494 e. The van der Waals surface area contributed by atoms with Crippen molar-refractivity contribution >= 4 is 11.5 Å². The van der Waals surface area contributed by atoms with Crippen molar-refractivity contribution in [3.63, 3.8) is 0 Å². The summed E-state index contributed by atoms with van der Waals surface area (Å²) < 4.78 is 41.0. The lowest BCUT2D eigenvalue weighted by Gasteiger charge is -2.28. The molecule has 4 rings (SSSR count). The molecule has 30 heavy (non-hydrogen) atoms. The molecule has 0 radical (unpaired) electrons. The number of aromatic nitrogens is 4. The highest BCUT2D eigenvalue weighted by atomic mass is 19.4. The zero-order chi connectivity index (χ0) is 22.1. The van der Waals surface area contributed by atoms with E-state index in [1.807, 2.05) is 18.5 Å². The molecule has 3 aromatic rings. The van der Waals surface area contributed by atoms with Crippen molar-refractivity contribution in [1.29, 1.82) is 5.26 Å². The highest BCUT2D eigenvalue weighted by molar-refractivity contribution is 5.76. The van der Waals surface area contributed by atoms with E-state index in [1.165, 1.54) is 0 Å². The van der Waals surface area contributed by atoms with Gasteiger partial charge in [0.25, 0.3) is 0 Å². The molecule has 0 aliphatic carbocycles. The van der Waals surface area contributed by atoms with Gasteiger partial charge >= 0.3 is 12.1 Å². The highest BCUT2D eigenvalue weighted by Crippen LogP contribution is 2.32. The van der Waals surface area contributed by atoms with Crippen molar-refractivity contribution in [2.24, 2.45) is 0 Å². The molecular formula is C18H17F3N6O3. The first-order chi connectivity index (χ1) is 14.2. The Hall–Kier alpha value is -3.59. The minimum atomic E-state index is -5.08. The molecule has 0 bridgehead atoms. The van der Waals surface area contributed by atoms with Gasteiger partial charge in [0, 0.05) is 36.1 Å². The third-order valence-corrected chi connectivity index (χ3v) is 4.62. The predicted octanol–water partition coefficient (Wildman–Crippen LogP) is 2.16. The summed E-state index contributed by atoms with van der Waals surface area (Å²) in [5.74, 6) is -2.12. The Bertz CT molecular complexity index is 1120. The number of ether oxygens (including phenoxy) is 1. The van der Waals surface area contributed by atoms with E-state index in [2.05, 4.69) is 33.2 Å². The van der Waals surface area contributed by atoms with Crippen LogP contribution in [0.4, 0.5) is 13.2 Å². The summed E-state index contributed by atoms with van der Waals surface area (Å²) in [6.07, 6.45) is 0.257. The summed E-state index contributed by atoms with van der Waals surface area (Å²) in [6.45, 7) is 3.98. The SMILES string of the molecule is COc1cc(-c2cnn(C3CNC3)c2C)cn2ncc(C#N)c12.O=C(O)C(F)(F)F. The summed E-state index contributed by atoms with van der Waals surface area (Å²) in [7, 11) is 1.60. The molecule has 0 spiro atoms. The zero-order valence-electron chi connectivity index (χ0n) is 15.9. The van der Waals surface area contributed by atoms with Gasteiger partial charge in [0.05, 0.1) is 25.5 Å². The Labute approximate surface area is 168 Å². The first kappa shape index (κ1) is 21.1. The van der Waals surface area contributed by atoms with E-state index < -0.39 is 12.1 Å². The lowest BCUT2D eigenvalue weighted by Crippen LogP contribution is -2.44. The Balaban J connectivity index is 0.000000318. The van der Waals surface area contributed by atoms with Crippen LogP contribution in [0.25, 0.3) is 16.6 Å². The van der Waals surface area contributed by atoms with E-state index in [-0.39, 0.29) is 0 Å². The molecule has 12 heteroatoms. The van der Waals surface area contributed by atoms with Crippen molar-refractivity contribution in [2.75, 3.05) is 20.2 Å². The van der Waals surface area contributed by atoms with E-state index in [1.54, 1.807) is 17.8 Å². The zero-order valence-corrected chi connectivity index (χ0v) is 15.9. The van der Waals surface area contributed by atoms with Crippen LogP contribution >= 0.6 is 0 Å². The maximum absolute atomic E-state index is 10.6. The van der Waals surface area contributed by atoms with Gasteiger partial charge in [-0.15, -0.1) is 0 Å². The van der Waals surface area contributed by atoms with Gasteiger partial charge in [0.15, 0.2) is 0 Å². The topological polar surface area (TPSA) is 117 Å². The number of fused-ring (bicyclic) bond motifs is 1. The van der Waals surface area contributed by atoms with E-state index in [9.17, 15) is 18.4 Å². The van der Waals surface area contributed by atoms with Gasteiger partial charge < -0.3 is 15.2 Å². The van der Waals surface area contributed by atoms with E-state index in [4.69, 9.17) is 14.6 Å². The second-order valence-corrected chi connectivity index (χ2v) is 6.46. The molecule has 0 amide bonds. The average molecular weight is 422 g/mol. The van der Waals surface area contributed by atoms with Crippen LogP contribution < -0.4 is 10.1 Å². The molecule has 2 N–H and O–H groups in total. The van der Waals surface area contributed by atoms with Crippen LogP contribution in [-0.2, 0) is 4.79 Å². The third-order valence-electron chi connectivity index (χ3n) is 4.62. The molecular weight excluding hydrogens is 405 g/mol. The van der Waals surface area contributed by atoms with Crippen LogP contribution in [0.2, 0.25) is 0 Å². The number of carboxylic acid groups (broad SMARTS) is 1. The number of nitriles is 1. The second kappa shape index (κ2) is 8.03. The lowest BCUT2D eigenvalue weighted by molar-refractivity contribution is -0.192. The fourth-order valence-electron chi connectivity index (χ4n) is 2.99. The van der Waals surface area contributed by atoms with Gasteiger partial charge in [-0.25, -0.2) is 9.31 Å². The van der Waals surface area contributed by atoms with Gasteiger partial charge in [-0.2, -0.15) is 28.6 Å². The quantitative estimate of drug-likeness (QED) is 0.664. The molecule has 1 saturated heterocycles. The number of pyridine rings is 1. The molecule has 0 atom stereocenters. The van der Waals surface area contributed by atoms with Crippen LogP contribution in [0.5, 0.6) is 5.75 Å². The number of hydrogen-bond acceptors (Lipinski definition) is 6.